The molecule has 2 heterocycles. The summed E-state index contributed by atoms with van der Waals surface area (Å²) in [6.45, 7) is 5.22. The van der Waals surface area contributed by atoms with Crippen LogP contribution in [0, 0.1) is 0 Å². The van der Waals surface area contributed by atoms with Gasteiger partial charge in [0, 0.05) is 17.8 Å². The predicted molar refractivity (Wildman–Crippen MR) is 81.0 cm³/mol. The van der Waals surface area contributed by atoms with Crippen LogP contribution < -0.4 is 5.32 Å². The van der Waals surface area contributed by atoms with Crippen molar-refractivity contribution in [2.45, 2.75) is 32.7 Å². The first-order valence-corrected chi connectivity index (χ1v) is 7.26. The fourth-order valence-corrected chi connectivity index (χ4v) is 2.24. The highest BCUT2D eigenvalue weighted by Crippen LogP contribution is 2.29. The van der Waals surface area contributed by atoms with Gasteiger partial charge in [0.15, 0.2) is 0 Å². The van der Waals surface area contributed by atoms with Crippen molar-refractivity contribution in [3.05, 3.63) is 36.4 Å². The molecule has 0 bridgehead atoms. The van der Waals surface area contributed by atoms with Crippen molar-refractivity contribution in [1.29, 1.82) is 0 Å². The quantitative estimate of drug-likeness (QED) is 0.703. The van der Waals surface area contributed by atoms with E-state index in [0.717, 1.165) is 35.9 Å². The lowest BCUT2D eigenvalue weighted by atomic mass is 10.2. The molecule has 110 valence electrons. The largest absolute Gasteiger partial charge is 0.463 e. The molecular weight excluding hydrogens is 266 g/mol. The number of furan rings is 1. The van der Waals surface area contributed by atoms with Crippen LogP contribution in [-0.4, -0.2) is 22.8 Å². The van der Waals surface area contributed by atoms with Crippen molar-refractivity contribution in [3.63, 3.8) is 0 Å². The lowest BCUT2D eigenvalue weighted by Crippen LogP contribution is -2.23. The molecule has 0 atom stereocenters. The molecule has 0 aliphatic rings. The molecule has 0 spiro atoms. The number of para-hydroxylation sites is 1. The SMILES string of the molecule is CC(C)NCCCc1nnc(-c2coc3ccccc23)o1. The van der Waals surface area contributed by atoms with Gasteiger partial charge in [-0.2, -0.15) is 0 Å². The summed E-state index contributed by atoms with van der Waals surface area (Å²) < 4.78 is 11.2. The lowest BCUT2D eigenvalue weighted by Gasteiger charge is -2.05. The summed E-state index contributed by atoms with van der Waals surface area (Å²) in [5.74, 6) is 1.19. The van der Waals surface area contributed by atoms with E-state index < -0.39 is 0 Å². The second-order valence-electron chi connectivity index (χ2n) is 5.36. The van der Waals surface area contributed by atoms with Crippen LogP contribution in [-0.2, 0) is 6.42 Å². The number of fused-ring (bicyclic) bond motifs is 1. The number of aromatic nitrogens is 2. The smallest absolute Gasteiger partial charge is 0.251 e. The molecule has 21 heavy (non-hydrogen) atoms. The summed E-state index contributed by atoms with van der Waals surface area (Å²) in [7, 11) is 0. The summed E-state index contributed by atoms with van der Waals surface area (Å²) in [5, 5.41) is 12.6. The van der Waals surface area contributed by atoms with Crippen molar-refractivity contribution in [3.8, 4) is 11.5 Å². The van der Waals surface area contributed by atoms with Gasteiger partial charge in [-0.25, -0.2) is 0 Å². The maximum Gasteiger partial charge on any atom is 0.251 e. The second-order valence-corrected chi connectivity index (χ2v) is 5.36. The van der Waals surface area contributed by atoms with E-state index in [2.05, 4.69) is 29.4 Å². The van der Waals surface area contributed by atoms with Crippen LogP contribution in [0.15, 0.2) is 39.4 Å². The molecular formula is C16H19N3O2. The first-order valence-electron chi connectivity index (χ1n) is 7.26. The fourth-order valence-electron chi connectivity index (χ4n) is 2.24. The van der Waals surface area contributed by atoms with Gasteiger partial charge in [0.25, 0.3) is 5.89 Å². The van der Waals surface area contributed by atoms with E-state index in [-0.39, 0.29) is 0 Å². The minimum absolute atomic E-state index is 0.501. The summed E-state index contributed by atoms with van der Waals surface area (Å²) in [4.78, 5) is 0. The Bertz CT molecular complexity index is 715. The molecule has 1 aromatic carbocycles. The Morgan fingerprint density at radius 3 is 2.90 bits per heavy atom. The minimum Gasteiger partial charge on any atom is -0.463 e. The Hall–Kier alpha value is -2.14. The Kier molecular flexibility index (Phi) is 4.01. The molecule has 0 aliphatic carbocycles. The molecule has 0 fully saturated rings. The third kappa shape index (κ3) is 3.13. The van der Waals surface area contributed by atoms with E-state index in [9.17, 15) is 0 Å². The van der Waals surface area contributed by atoms with Gasteiger partial charge in [-0.1, -0.05) is 32.0 Å². The van der Waals surface area contributed by atoms with Crippen LogP contribution >= 0.6 is 0 Å². The van der Waals surface area contributed by atoms with Crippen molar-refractivity contribution in [2.75, 3.05) is 6.54 Å². The van der Waals surface area contributed by atoms with E-state index in [1.54, 1.807) is 6.26 Å². The van der Waals surface area contributed by atoms with Crippen LogP contribution in [0.5, 0.6) is 0 Å². The Morgan fingerprint density at radius 2 is 2.05 bits per heavy atom. The molecule has 0 saturated heterocycles. The van der Waals surface area contributed by atoms with Crippen LogP contribution in [0.25, 0.3) is 22.4 Å². The van der Waals surface area contributed by atoms with Crippen molar-refractivity contribution < 1.29 is 8.83 Å². The normalized spacial score (nSPS) is 11.6. The maximum atomic E-state index is 5.73. The molecule has 2 aromatic heterocycles. The number of benzene rings is 1. The second kappa shape index (κ2) is 6.10. The van der Waals surface area contributed by atoms with Crippen molar-refractivity contribution >= 4 is 11.0 Å². The Labute approximate surface area is 123 Å². The van der Waals surface area contributed by atoms with Crippen LogP contribution in [0.2, 0.25) is 0 Å². The van der Waals surface area contributed by atoms with E-state index in [1.807, 2.05) is 24.3 Å². The average Bonchev–Trinajstić information content (AvgIpc) is 3.09. The van der Waals surface area contributed by atoms with Crippen molar-refractivity contribution in [2.24, 2.45) is 0 Å². The average molecular weight is 285 g/mol. The van der Waals surface area contributed by atoms with E-state index in [0.29, 0.717) is 17.8 Å². The number of aryl methyl sites for hydroxylation is 1. The monoisotopic (exact) mass is 285 g/mol. The van der Waals surface area contributed by atoms with E-state index >= 15 is 0 Å². The molecule has 5 heteroatoms. The van der Waals surface area contributed by atoms with E-state index in [4.69, 9.17) is 8.83 Å². The Morgan fingerprint density at radius 1 is 1.19 bits per heavy atom. The van der Waals surface area contributed by atoms with Gasteiger partial charge in [0.1, 0.15) is 11.8 Å². The molecule has 0 radical (unpaired) electrons. The van der Waals surface area contributed by atoms with Gasteiger partial charge in [0.2, 0.25) is 5.89 Å². The zero-order valence-corrected chi connectivity index (χ0v) is 12.3. The number of hydrogen-bond donors (Lipinski definition) is 1. The highest BCUT2D eigenvalue weighted by Gasteiger charge is 2.14. The summed E-state index contributed by atoms with van der Waals surface area (Å²) in [5.41, 5.74) is 1.68. The zero-order chi connectivity index (χ0) is 14.7. The van der Waals surface area contributed by atoms with Crippen LogP contribution in [0.1, 0.15) is 26.2 Å². The van der Waals surface area contributed by atoms with Crippen molar-refractivity contribution in [1.82, 2.24) is 15.5 Å². The zero-order valence-electron chi connectivity index (χ0n) is 12.3. The van der Waals surface area contributed by atoms with Gasteiger partial charge in [-0.05, 0) is 19.0 Å². The number of hydrogen-bond acceptors (Lipinski definition) is 5. The van der Waals surface area contributed by atoms with Gasteiger partial charge < -0.3 is 14.2 Å². The van der Waals surface area contributed by atoms with E-state index in [1.165, 1.54) is 0 Å². The molecule has 0 amide bonds. The summed E-state index contributed by atoms with van der Waals surface area (Å²) in [6, 6.07) is 8.32. The summed E-state index contributed by atoms with van der Waals surface area (Å²) >= 11 is 0. The molecule has 0 saturated carbocycles. The van der Waals surface area contributed by atoms with Gasteiger partial charge >= 0.3 is 0 Å². The van der Waals surface area contributed by atoms with Gasteiger partial charge in [-0.3, -0.25) is 0 Å². The number of nitrogens with one attached hydrogen (secondary N) is 1. The topological polar surface area (TPSA) is 64.1 Å². The molecule has 3 rings (SSSR count). The highest BCUT2D eigenvalue weighted by atomic mass is 16.4. The fraction of sp³-hybridized carbons (Fsp3) is 0.375. The van der Waals surface area contributed by atoms with Gasteiger partial charge in [0.05, 0.1) is 5.56 Å². The van der Waals surface area contributed by atoms with Crippen LogP contribution in [0.3, 0.4) is 0 Å². The maximum absolute atomic E-state index is 5.73. The van der Waals surface area contributed by atoms with Gasteiger partial charge in [-0.15, -0.1) is 10.2 Å². The first kappa shape index (κ1) is 13.8. The highest BCUT2D eigenvalue weighted by molar-refractivity contribution is 5.91. The number of rotatable bonds is 6. The number of nitrogens with zero attached hydrogens (tertiary/aromatic N) is 2. The third-order valence-electron chi connectivity index (χ3n) is 3.30. The van der Waals surface area contributed by atoms with Crippen LogP contribution in [0.4, 0.5) is 0 Å². The first-order chi connectivity index (χ1) is 10.2. The lowest BCUT2D eigenvalue weighted by molar-refractivity contribution is 0.483. The Balaban J connectivity index is 1.70. The molecule has 3 aromatic rings. The predicted octanol–water partition coefficient (Wildman–Crippen LogP) is 3.41. The molecule has 5 nitrogen and oxygen atoms in total. The third-order valence-corrected chi connectivity index (χ3v) is 3.30. The minimum atomic E-state index is 0.501. The molecule has 1 N–H and O–H groups in total. The molecule has 0 unspecified atom stereocenters. The molecule has 0 aliphatic heterocycles. The summed E-state index contributed by atoms with van der Waals surface area (Å²) in [6.07, 6.45) is 3.43. The standard InChI is InChI=1S/C16H19N3O2/c1-11(2)17-9-5-8-15-18-19-16(21-15)13-10-20-14-7-4-3-6-12(13)14/h3-4,6-7,10-11,17H,5,8-9H2,1-2H3.